The molecule has 0 amide bonds. The van der Waals surface area contributed by atoms with Crippen molar-refractivity contribution in [2.45, 2.75) is 12.8 Å². The number of rotatable bonds is 5. The largest absolute Gasteiger partial charge is 0.493 e. The van der Waals surface area contributed by atoms with Crippen molar-refractivity contribution in [2.75, 3.05) is 26.1 Å². The molecular weight excluding hydrogens is 518 g/mol. The summed E-state index contributed by atoms with van der Waals surface area (Å²) in [6.07, 6.45) is 0. The van der Waals surface area contributed by atoms with Gasteiger partial charge in [0.25, 0.3) is 0 Å². The molecule has 0 saturated carbocycles. The molecule has 1 aromatic heterocycles. The number of hydrogen-bond acceptors (Lipinski definition) is 7. The minimum absolute atomic E-state index is 0.137. The summed E-state index contributed by atoms with van der Waals surface area (Å²) >= 11 is 8.81. The first-order chi connectivity index (χ1) is 16.4. The molecule has 3 aromatic rings. The van der Waals surface area contributed by atoms with Crippen molar-refractivity contribution in [1.29, 1.82) is 10.7 Å². The summed E-state index contributed by atoms with van der Waals surface area (Å²) in [7, 11) is 3.12. The van der Waals surface area contributed by atoms with E-state index in [1.807, 2.05) is 43.3 Å². The molecule has 34 heavy (non-hydrogen) atoms. The van der Waals surface area contributed by atoms with E-state index in [0.717, 1.165) is 16.5 Å². The Bertz CT molecular complexity index is 1340. The first-order valence-electron chi connectivity index (χ1n) is 10.5. The highest BCUT2D eigenvalue weighted by Crippen LogP contribution is 2.48. The van der Waals surface area contributed by atoms with E-state index in [4.69, 9.17) is 36.8 Å². The average molecular weight is 540 g/mol. The molecular formula is C24H22BrN5O3S. The van der Waals surface area contributed by atoms with Gasteiger partial charge in [0, 0.05) is 23.4 Å². The van der Waals surface area contributed by atoms with Crippen molar-refractivity contribution in [3.05, 3.63) is 52.0 Å². The molecule has 2 unspecified atom stereocenters. The number of halogens is 1. The number of nitriles is 1. The molecule has 0 aliphatic carbocycles. The minimum Gasteiger partial charge on any atom is -0.493 e. The molecule has 2 aromatic carbocycles. The fourth-order valence-corrected chi connectivity index (χ4v) is 4.92. The Labute approximate surface area is 210 Å². The van der Waals surface area contributed by atoms with Crippen LogP contribution in [-0.4, -0.2) is 36.8 Å². The molecule has 1 aliphatic rings. The lowest BCUT2D eigenvalue weighted by Crippen LogP contribution is -2.31. The summed E-state index contributed by atoms with van der Waals surface area (Å²) in [6.45, 7) is 2.64. The SMILES string of the molecule is CCNC(=S)Nc1ccc2ccc3c(c2n1)OC(=N)C(C#N)C3c1cc(Br)c(OC)c(OC)c1. The van der Waals surface area contributed by atoms with Gasteiger partial charge in [-0.3, -0.25) is 5.41 Å². The molecule has 0 saturated heterocycles. The summed E-state index contributed by atoms with van der Waals surface area (Å²) in [5, 5.41) is 25.8. The minimum atomic E-state index is -0.822. The van der Waals surface area contributed by atoms with E-state index < -0.39 is 11.8 Å². The molecule has 2 heterocycles. The molecule has 2 atom stereocenters. The number of nitrogens with one attached hydrogen (secondary N) is 3. The molecule has 174 valence electrons. The second-order valence-corrected chi connectivity index (χ2v) is 8.79. The standard InChI is InChI=1S/C24H22BrN5O3S/c1-4-28-24(34)30-18-8-6-12-5-7-14-19(13-9-16(25)22(32-3)17(10-13)31-2)15(11-26)23(27)33-21(14)20(12)29-18/h5-10,15,19,27H,4H2,1-3H3,(H2,28,29,30,34). The molecule has 0 spiro atoms. The third kappa shape index (κ3) is 4.24. The van der Waals surface area contributed by atoms with Crippen LogP contribution in [0, 0.1) is 22.7 Å². The lowest BCUT2D eigenvalue weighted by atomic mass is 9.78. The molecule has 8 nitrogen and oxygen atoms in total. The second kappa shape index (κ2) is 9.83. The van der Waals surface area contributed by atoms with Crippen LogP contribution in [0.4, 0.5) is 5.82 Å². The van der Waals surface area contributed by atoms with Gasteiger partial charge in [0.15, 0.2) is 22.4 Å². The van der Waals surface area contributed by atoms with Crippen LogP contribution in [-0.2, 0) is 0 Å². The van der Waals surface area contributed by atoms with E-state index in [-0.39, 0.29) is 5.90 Å². The van der Waals surface area contributed by atoms with Crippen molar-refractivity contribution in [1.82, 2.24) is 10.3 Å². The third-order valence-corrected chi connectivity index (χ3v) is 6.38. The number of thiocarbonyl (C=S) groups is 1. The van der Waals surface area contributed by atoms with Gasteiger partial charge in [-0.2, -0.15) is 5.26 Å². The number of benzene rings is 2. The van der Waals surface area contributed by atoms with Crippen LogP contribution in [0.2, 0.25) is 0 Å². The Morgan fingerprint density at radius 3 is 2.71 bits per heavy atom. The van der Waals surface area contributed by atoms with Gasteiger partial charge in [-0.25, -0.2) is 4.98 Å². The molecule has 1 aliphatic heterocycles. The number of ether oxygens (including phenoxy) is 3. The predicted octanol–water partition coefficient (Wildman–Crippen LogP) is 4.96. The smallest absolute Gasteiger partial charge is 0.205 e. The Morgan fingerprint density at radius 2 is 2.03 bits per heavy atom. The van der Waals surface area contributed by atoms with Crippen LogP contribution in [0.1, 0.15) is 24.0 Å². The zero-order valence-corrected chi connectivity index (χ0v) is 21.1. The highest BCUT2D eigenvalue weighted by atomic mass is 79.9. The maximum atomic E-state index is 9.94. The van der Waals surface area contributed by atoms with Gasteiger partial charge >= 0.3 is 0 Å². The summed E-state index contributed by atoms with van der Waals surface area (Å²) in [5.41, 5.74) is 2.12. The maximum absolute atomic E-state index is 9.94. The Hall–Kier alpha value is -3.42. The van der Waals surface area contributed by atoms with Crippen LogP contribution >= 0.6 is 28.1 Å². The van der Waals surface area contributed by atoms with Gasteiger partial charge in [-0.05, 0) is 64.9 Å². The van der Waals surface area contributed by atoms with Crippen molar-refractivity contribution < 1.29 is 14.2 Å². The zero-order valence-electron chi connectivity index (χ0n) is 18.7. The first kappa shape index (κ1) is 23.7. The third-order valence-electron chi connectivity index (χ3n) is 5.54. The van der Waals surface area contributed by atoms with E-state index in [9.17, 15) is 5.26 Å². The number of nitrogens with zero attached hydrogens (tertiary/aromatic N) is 2. The van der Waals surface area contributed by atoms with E-state index in [1.165, 1.54) is 0 Å². The van der Waals surface area contributed by atoms with Crippen molar-refractivity contribution in [2.24, 2.45) is 5.92 Å². The van der Waals surface area contributed by atoms with Crippen LogP contribution in [0.25, 0.3) is 10.9 Å². The topological polar surface area (TPSA) is 112 Å². The summed E-state index contributed by atoms with van der Waals surface area (Å²) in [4.78, 5) is 4.71. The van der Waals surface area contributed by atoms with Crippen LogP contribution < -0.4 is 24.8 Å². The number of methoxy groups -OCH3 is 2. The Balaban J connectivity index is 1.89. The highest BCUT2D eigenvalue weighted by molar-refractivity contribution is 9.10. The normalized spacial score (nSPS) is 16.7. The molecule has 10 heteroatoms. The lowest BCUT2D eigenvalue weighted by molar-refractivity contribution is 0.352. The van der Waals surface area contributed by atoms with Gasteiger partial charge < -0.3 is 24.8 Å². The van der Waals surface area contributed by atoms with Crippen molar-refractivity contribution >= 4 is 55.9 Å². The van der Waals surface area contributed by atoms with Crippen LogP contribution in [0.5, 0.6) is 17.2 Å². The molecule has 4 rings (SSSR count). The quantitative estimate of drug-likeness (QED) is 0.390. The molecule has 0 bridgehead atoms. The van der Waals surface area contributed by atoms with Gasteiger partial charge in [0.05, 0.1) is 24.8 Å². The van der Waals surface area contributed by atoms with Crippen LogP contribution in [0.15, 0.2) is 40.9 Å². The summed E-state index contributed by atoms with van der Waals surface area (Å²) < 4.78 is 17.5. The fourth-order valence-electron chi connectivity index (χ4n) is 4.05. The van der Waals surface area contributed by atoms with Crippen molar-refractivity contribution in [3.8, 4) is 23.3 Å². The Morgan fingerprint density at radius 1 is 1.26 bits per heavy atom. The summed E-state index contributed by atoms with van der Waals surface area (Å²) in [5.74, 6) is 0.639. The maximum Gasteiger partial charge on any atom is 0.205 e. The van der Waals surface area contributed by atoms with Gasteiger partial charge in [0.1, 0.15) is 17.3 Å². The van der Waals surface area contributed by atoms with E-state index >= 15 is 0 Å². The number of fused-ring (bicyclic) bond motifs is 3. The predicted molar refractivity (Wildman–Crippen MR) is 138 cm³/mol. The lowest BCUT2D eigenvalue weighted by Gasteiger charge is -2.31. The van der Waals surface area contributed by atoms with Gasteiger partial charge in [-0.1, -0.05) is 12.1 Å². The Kier molecular flexibility index (Phi) is 6.86. The van der Waals surface area contributed by atoms with Gasteiger partial charge in [0.2, 0.25) is 5.90 Å². The van der Waals surface area contributed by atoms with Gasteiger partial charge in [-0.15, -0.1) is 0 Å². The van der Waals surface area contributed by atoms with E-state index in [2.05, 4.69) is 32.6 Å². The summed E-state index contributed by atoms with van der Waals surface area (Å²) in [6, 6.07) is 13.5. The van der Waals surface area contributed by atoms with E-state index in [1.54, 1.807) is 14.2 Å². The number of anilines is 1. The fraction of sp³-hybridized carbons (Fsp3) is 0.250. The van der Waals surface area contributed by atoms with Crippen LogP contribution in [0.3, 0.4) is 0 Å². The monoisotopic (exact) mass is 539 g/mol. The number of aromatic nitrogens is 1. The second-order valence-electron chi connectivity index (χ2n) is 7.53. The van der Waals surface area contributed by atoms with Crippen molar-refractivity contribution in [3.63, 3.8) is 0 Å². The molecule has 0 fully saturated rings. The van der Waals surface area contributed by atoms with E-state index in [0.29, 0.717) is 44.7 Å². The molecule has 0 radical (unpaired) electrons. The number of hydrogen-bond donors (Lipinski definition) is 3. The average Bonchev–Trinajstić information content (AvgIpc) is 2.82. The highest BCUT2D eigenvalue weighted by Gasteiger charge is 2.38. The zero-order chi connectivity index (χ0) is 24.4. The number of pyridine rings is 1. The first-order valence-corrected chi connectivity index (χ1v) is 11.7. The molecule has 3 N–H and O–H groups in total.